The Hall–Kier alpha value is -1.96. The summed E-state index contributed by atoms with van der Waals surface area (Å²) in [5.41, 5.74) is 1.11. The number of aromatic nitrogens is 1. The molecule has 1 heterocycles. The molecule has 23 heavy (non-hydrogen) atoms. The fourth-order valence-electron chi connectivity index (χ4n) is 1.88. The molecule has 0 aliphatic heterocycles. The van der Waals surface area contributed by atoms with Gasteiger partial charge in [-0.15, -0.1) is 0 Å². The molecule has 8 heteroatoms. The summed E-state index contributed by atoms with van der Waals surface area (Å²) in [6.07, 6.45) is 1.42. The third-order valence-corrected chi connectivity index (χ3v) is 5.35. The van der Waals surface area contributed by atoms with E-state index in [4.69, 9.17) is 11.6 Å². The van der Waals surface area contributed by atoms with Crippen molar-refractivity contribution in [2.75, 3.05) is 19.4 Å². The van der Waals surface area contributed by atoms with Gasteiger partial charge in [0.1, 0.15) is 5.69 Å². The number of hydrogen-bond acceptors (Lipinski definition) is 4. The Morgan fingerprint density at radius 2 is 1.91 bits per heavy atom. The van der Waals surface area contributed by atoms with Crippen LogP contribution in [0.3, 0.4) is 0 Å². The van der Waals surface area contributed by atoms with Gasteiger partial charge in [-0.25, -0.2) is 12.7 Å². The Morgan fingerprint density at radius 1 is 1.22 bits per heavy atom. The normalized spacial score (nSPS) is 11.5. The summed E-state index contributed by atoms with van der Waals surface area (Å²) in [5.74, 6) is -0.468. The Bertz CT molecular complexity index is 851. The van der Waals surface area contributed by atoms with Crippen molar-refractivity contribution in [1.29, 1.82) is 0 Å². The first kappa shape index (κ1) is 17.4. The number of anilines is 1. The molecule has 0 unspecified atom stereocenters. The molecule has 122 valence electrons. The summed E-state index contributed by atoms with van der Waals surface area (Å²) >= 11 is 5.83. The maximum atomic E-state index is 12.3. The molecule has 0 aliphatic carbocycles. The second-order valence-corrected chi connectivity index (χ2v) is 7.64. The Morgan fingerprint density at radius 3 is 2.52 bits per heavy atom. The van der Waals surface area contributed by atoms with Gasteiger partial charge in [0, 0.05) is 31.0 Å². The third kappa shape index (κ3) is 3.87. The quantitative estimate of drug-likeness (QED) is 0.916. The molecule has 0 atom stereocenters. The van der Waals surface area contributed by atoms with Crippen LogP contribution in [0.2, 0.25) is 5.02 Å². The van der Waals surface area contributed by atoms with Gasteiger partial charge in [-0.2, -0.15) is 0 Å². The fraction of sp³-hybridized carbons (Fsp3) is 0.200. The van der Waals surface area contributed by atoms with E-state index in [2.05, 4.69) is 10.3 Å². The van der Waals surface area contributed by atoms with E-state index >= 15 is 0 Å². The fourth-order valence-corrected chi connectivity index (χ4v) is 3.18. The van der Waals surface area contributed by atoms with Gasteiger partial charge in [0.05, 0.1) is 4.90 Å². The molecular formula is C15H16ClN3O3S. The highest BCUT2D eigenvalue weighted by Gasteiger charge is 2.20. The van der Waals surface area contributed by atoms with Crippen LogP contribution >= 0.6 is 11.6 Å². The van der Waals surface area contributed by atoms with Gasteiger partial charge in [-0.3, -0.25) is 9.78 Å². The molecule has 0 bridgehead atoms. The van der Waals surface area contributed by atoms with Crippen LogP contribution in [-0.4, -0.2) is 37.7 Å². The monoisotopic (exact) mass is 353 g/mol. The zero-order valence-electron chi connectivity index (χ0n) is 12.9. The van der Waals surface area contributed by atoms with Crippen molar-refractivity contribution in [3.8, 4) is 0 Å². The molecule has 0 aliphatic rings. The molecular weight excluding hydrogens is 338 g/mol. The SMILES string of the molecule is Cc1ccc(NC(=O)c2cc(Cl)ccn2)cc1S(=O)(=O)N(C)C. The first-order chi connectivity index (χ1) is 10.7. The lowest BCUT2D eigenvalue weighted by Crippen LogP contribution is -2.23. The van der Waals surface area contributed by atoms with Crippen LogP contribution in [0.5, 0.6) is 0 Å². The lowest BCUT2D eigenvalue weighted by molar-refractivity contribution is 0.102. The van der Waals surface area contributed by atoms with E-state index in [1.54, 1.807) is 25.1 Å². The number of carbonyl (C=O) groups is 1. The number of pyridine rings is 1. The van der Waals surface area contributed by atoms with Crippen molar-refractivity contribution in [2.24, 2.45) is 0 Å². The standard InChI is InChI=1S/C15H16ClN3O3S/c1-10-4-5-12(9-14(10)23(21,22)19(2)3)18-15(20)13-8-11(16)6-7-17-13/h4-9H,1-3H3,(H,18,20). The summed E-state index contributed by atoms with van der Waals surface area (Å²) in [4.78, 5) is 16.2. The van der Waals surface area contributed by atoms with Crippen LogP contribution in [-0.2, 0) is 10.0 Å². The average Bonchev–Trinajstić information content (AvgIpc) is 2.48. The van der Waals surface area contributed by atoms with Gasteiger partial charge < -0.3 is 5.32 Å². The van der Waals surface area contributed by atoms with Crippen molar-refractivity contribution in [3.05, 3.63) is 52.8 Å². The largest absolute Gasteiger partial charge is 0.321 e. The van der Waals surface area contributed by atoms with E-state index in [1.807, 2.05) is 0 Å². The zero-order chi connectivity index (χ0) is 17.2. The van der Waals surface area contributed by atoms with E-state index in [1.165, 1.54) is 32.4 Å². The minimum Gasteiger partial charge on any atom is -0.321 e. The Labute approximate surface area is 140 Å². The highest BCUT2D eigenvalue weighted by atomic mass is 35.5. The first-order valence-electron chi connectivity index (χ1n) is 6.68. The Kier molecular flexibility index (Phi) is 5.03. The van der Waals surface area contributed by atoms with E-state index in [9.17, 15) is 13.2 Å². The molecule has 1 aromatic carbocycles. The van der Waals surface area contributed by atoms with Crippen molar-refractivity contribution in [2.45, 2.75) is 11.8 Å². The maximum Gasteiger partial charge on any atom is 0.274 e. The molecule has 0 saturated heterocycles. The minimum atomic E-state index is -3.59. The number of rotatable bonds is 4. The van der Waals surface area contributed by atoms with E-state index in [-0.39, 0.29) is 10.6 Å². The number of hydrogen-bond donors (Lipinski definition) is 1. The van der Waals surface area contributed by atoms with Gasteiger partial charge in [0.25, 0.3) is 5.91 Å². The van der Waals surface area contributed by atoms with Crippen molar-refractivity contribution in [3.63, 3.8) is 0 Å². The summed E-state index contributed by atoms with van der Waals surface area (Å²) < 4.78 is 25.7. The van der Waals surface area contributed by atoms with Crippen molar-refractivity contribution >= 4 is 33.2 Å². The average molecular weight is 354 g/mol. The second-order valence-electron chi connectivity index (χ2n) is 5.08. The van der Waals surface area contributed by atoms with Crippen LogP contribution in [0.15, 0.2) is 41.4 Å². The van der Waals surface area contributed by atoms with E-state index < -0.39 is 15.9 Å². The first-order valence-corrected chi connectivity index (χ1v) is 8.49. The maximum absolute atomic E-state index is 12.3. The number of amides is 1. The summed E-state index contributed by atoms with van der Waals surface area (Å²) in [7, 11) is -0.683. The van der Waals surface area contributed by atoms with E-state index in [0.717, 1.165) is 4.31 Å². The number of sulfonamides is 1. The Balaban J connectivity index is 2.34. The predicted octanol–water partition coefficient (Wildman–Crippen LogP) is 2.55. The molecule has 1 N–H and O–H groups in total. The zero-order valence-corrected chi connectivity index (χ0v) is 14.4. The predicted molar refractivity (Wildman–Crippen MR) is 89.3 cm³/mol. The van der Waals surface area contributed by atoms with Gasteiger partial charge in [-0.05, 0) is 36.8 Å². The lowest BCUT2D eigenvalue weighted by atomic mass is 10.2. The topological polar surface area (TPSA) is 79.4 Å². The minimum absolute atomic E-state index is 0.138. The van der Waals surface area contributed by atoms with Gasteiger partial charge in [0.2, 0.25) is 10.0 Å². The number of halogens is 1. The molecule has 0 saturated carbocycles. The number of nitrogens with one attached hydrogen (secondary N) is 1. The lowest BCUT2D eigenvalue weighted by Gasteiger charge is -2.15. The highest BCUT2D eigenvalue weighted by Crippen LogP contribution is 2.22. The number of aryl methyl sites for hydroxylation is 1. The van der Waals surface area contributed by atoms with Crippen LogP contribution < -0.4 is 5.32 Å². The van der Waals surface area contributed by atoms with Crippen LogP contribution in [0.1, 0.15) is 16.1 Å². The third-order valence-electron chi connectivity index (χ3n) is 3.16. The van der Waals surface area contributed by atoms with Crippen LogP contribution in [0, 0.1) is 6.92 Å². The van der Waals surface area contributed by atoms with Gasteiger partial charge >= 0.3 is 0 Å². The second kappa shape index (κ2) is 6.66. The molecule has 1 aromatic heterocycles. The van der Waals surface area contributed by atoms with Gasteiger partial charge in [0.15, 0.2) is 0 Å². The molecule has 0 radical (unpaired) electrons. The van der Waals surface area contributed by atoms with E-state index in [0.29, 0.717) is 16.3 Å². The number of benzene rings is 1. The number of carbonyl (C=O) groups excluding carboxylic acids is 1. The molecule has 1 amide bonds. The number of nitrogens with zero attached hydrogens (tertiary/aromatic N) is 2. The molecule has 2 rings (SSSR count). The van der Waals surface area contributed by atoms with Gasteiger partial charge in [-0.1, -0.05) is 17.7 Å². The highest BCUT2D eigenvalue weighted by molar-refractivity contribution is 7.89. The smallest absolute Gasteiger partial charge is 0.274 e. The van der Waals surface area contributed by atoms with Crippen LogP contribution in [0.25, 0.3) is 0 Å². The molecule has 0 fully saturated rings. The summed E-state index contributed by atoms with van der Waals surface area (Å²) in [6.45, 7) is 1.69. The van der Waals surface area contributed by atoms with Crippen LogP contribution in [0.4, 0.5) is 5.69 Å². The summed E-state index contributed by atoms with van der Waals surface area (Å²) in [6, 6.07) is 7.69. The summed E-state index contributed by atoms with van der Waals surface area (Å²) in [5, 5.41) is 3.01. The molecule has 2 aromatic rings. The molecule has 6 nitrogen and oxygen atoms in total. The van der Waals surface area contributed by atoms with Crippen molar-refractivity contribution < 1.29 is 13.2 Å². The van der Waals surface area contributed by atoms with Crippen molar-refractivity contribution in [1.82, 2.24) is 9.29 Å². The molecule has 0 spiro atoms.